The van der Waals surface area contributed by atoms with Crippen LogP contribution in [0.1, 0.15) is 33.8 Å². The lowest BCUT2D eigenvalue weighted by molar-refractivity contribution is 0.616. The Morgan fingerprint density at radius 3 is 2.58 bits per heavy atom. The van der Waals surface area contributed by atoms with E-state index in [-0.39, 0.29) is 11.9 Å². The van der Waals surface area contributed by atoms with Crippen LogP contribution in [-0.2, 0) is 0 Å². The molecule has 1 aromatic carbocycles. The van der Waals surface area contributed by atoms with Crippen molar-refractivity contribution in [2.24, 2.45) is 0 Å². The molecule has 0 spiro atoms. The normalized spacial score (nSPS) is 12.7. The van der Waals surface area contributed by atoms with Crippen LogP contribution in [0.4, 0.5) is 4.39 Å². The number of nitrogens with one attached hydrogen (secondary N) is 1. The van der Waals surface area contributed by atoms with Gasteiger partial charge in [0, 0.05) is 14.8 Å². The zero-order valence-corrected chi connectivity index (χ0v) is 12.8. The zero-order chi connectivity index (χ0) is 14.0. The fraction of sp³-hybridized carbons (Fsp3) is 0.333. The summed E-state index contributed by atoms with van der Waals surface area (Å²) in [6, 6.07) is 6.79. The smallest absolute Gasteiger partial charge is 0.124 e. The number of rotatable bonds is 4. The lowest BCUT2D eigenvalue weighted by Crippen LogP contribution is -2.22. The predicted octanol–water partition coefficient (Wildman–Crippen LogP) is 4.86. The summed E-state index contributed by atoms with van der Waals surface area (Å²) in [6.45, 7) is 7.08. The first kappa shape index (κ1) is 14.5. The van der Waals surface area contributed by atoms with Crippen LogP contribution in [-0.4, -0.2) is 6.54 Å². The molecule has 0 saturated heterocycles. The van der Waals surface area contributed by atoms with E-state index in [1.165, 1.54) is 27.5 Å². The summed E-state index contributed by atoms with van der Waals surface area (Å²) < 4.78 is 13.2. The largest absolute Gasteiger partial charge is 0.306 e. The molecule has 0 fully saturated rings. The van der Waals surface area contributed by atoms with Crippen molar-refractivity contribution in [3.8, 4) is 0 Å². The molecule has 2 aromatic rings. The van der Waals surface area contributed by atoms with Gasteiger partial charge in [0.15, 0.2) is 0 Å². The molecular weight excluding hydrogens is 281 g/mol. The quantitative estimate of drug-likeness (QED) is 0.850. The SMILES string of the molecule is CCNC(c1ccc(F)cc1Cl)c1sc(C)cc1C. The van der Waals surface area contributed by atoms with Crippen molar-refractivity contribution in [3.63, 3.8) is 0 Å². The molecular formula is C15H17ClFNS. The highest BCUT2D eigenvalue weighted by atomic mass is 35.5. The van der Waals surface area contributed by atoms with Crippen molar-refractivity contribution in [1.82, 2.24) is 5.32 Å². The van der Waals surface area contributed by atoms with Gasteiger partial charge in [0.2, 0.25) is 0 Å². The minimum absolute atomic E-state index is 0.0248. The van der Waals surface area contributed by atoms with Gasteiger partial charge in [-0.15, -0.1) is 11.3 Å². The average molecular weight is 298 g/mol. The van der Waals surface area contributed by atoms with E-state index in [9.17, 15) is 4.39 Å². The van der Waals surface area contributed by atoms with Gasteiger partial charge in [-0.2, -0.15) is 0 Å². The molecule has 0 aliphatic rings. The molecule has 0 bridgehead atoms. The summed E-state index contributed by atoms with van der Waals surface area (Å²) >= 11 is 7.95. The Balaban J connectivity index is 2.48. The maximum Gasteiger partial charge on any atom is 0.124 e. The van der Waals surface area contributed by atoms with Gasteiger partial charge in [0.1, 0.15) is 5.82 Å². The third-order valence-electron chi connectivity index (χ3n) is 3.02. The van der Waals surface area contributed by atoms with Gasteiger partial charge < -0.3 is 5.32 Å². The van der Waals surface area contributed by atoms with Gasteiger partial charge in [-0.05, 0) is 49.7 Å². The van der Waals surface area contributed by atoms with Crippen molar-refractivity contribution in [2.75, 3.05) is 6.54 Å². The Kier molecular flexibility index (Phi) is 4.61. The van der Waals surface area contributed by atoms with E-state index < -0.39 is 0 Å². The van der Waals surface area contributed by atoms with Crippen molar-refractivity contribution in [2.45, 2.75) is 26.8 Å². The van der Waals surface area contributed by atoms with Crippen LogP contribution in [0.2, 0.25) is 5.02 Å². The third-order valence-corrected chi connectivity index (χ3v) is 4.57. The lowest BCUT2D eigenvalue weighted by Gasteiger charge is -2.19. The Morgan fingerprint density at radius 1 is 1.32 bits per heavy atom. The van der Waals surface area contributed by atoms with Crippen molar-refractivity contribution >= 4 is 22.9 Å². The first-order valence-corrected chi connectivity index (χ1v) is 7.47. The highest BCUT2D eigenvalue weighted by molar-refractivity contribution is 7.12. The lowest BCUT2D eigenvalue weighted by atomic mass is 10.0. The molecule has 19 heavy (non-hydrogen) atoms. The number of hydrogen-bond acceptors (Lipinski definition) is 2. The number of aryl methyl sites for hydroxylation is 2. The predicted molar refractivity (Wildman–Crippen MR) is 80.7 cm³/mol. The van der Waals surface area contributed by atoms with Crippen molar-refractivity contribution in [1.29, 1.82) is 0 Å². The fourth-order valence-corrected chi connectivity index (χ4v) is 3.64. The molecule has 1 N–H and O–H groups in total. The van der Waals surface area contributed by atoms with E-state index in [1.807, 2.05) is 0 Å². The number of halogens is 2. The molecule has 0 radical (unpaired) electrons. The molecule has 1 aromatic heterocycles. The van der Waals surface area contributed by atoms with Crippen LogP contribution in [0.15, 0.2) is 24.3 Å². The first-order chi connectivity index (χ1) is 9.02. The van der Waals surface area contributed by atoms with Gasteiger partial charge in [0.25, 0.3) is 0 Å². The molecule has 102 valence electrons. The Hall–Kier alpha value is -0.900. The minimum Gasteiger partial charge on any atom is -0.306 e. The maximum absolute atomic E-state index is 13.2. The van der Waals surface area contributed by atoms with E-state index in [0.29, 0.717) is 5.02 Å². The number of thiophene rings is 1. The van der Waals surface area contributed by atoms with E-state index >= 15 is 0 Å². The second-order valence-electron chi connectivity index (χ2n) is 4.56. The highest BCUT2D eigenvalue weighted by Crippen LogP contribution is 2.35. The van der Waals surface area contributed by atoms with E-state index in [0.717, 1.165) is 12.1 Å². The van der Waals surface area contributed by atoms with Crippen LogP contribution in [0.3, 0.4) is 0 Å². The average Bonchev–Trinajstić information content (AvgIpc) is 2.66. The van der Waals surface area contributed by atoms with Crippen LogP contribution in [0.5, 0.6) is 0 Å². The van der Waals surface area contributed by atoms with Gasteiger partial charge in [-0.3, -0.25) is 0 Å². The molecule has 2 rings (SSSR count). The first-order valence-electron chi connectivity index (χ1n) is 6.28. The molecule has 1 heterocycles. The Morgan fingerprint density at radius 2 is 2.05 bits per heavy atom. The molecule has 0 amide bonds. The second kappa shape index (κ2) is 6.04. The number of benzene rings is 1. The molecule has 0 aliphatic heterocycles. The van der Waals surface area contributed by atoms with Crippen LogP contribution in [0, 0.1) is 19.7 Å². The molecule has 1 atom stereocenters. The molecule has 0 saturated carbocycles. The third kappa shape index (κ3) is 3.16. The zero-order valence-electron chi connectivity index (χ0n) is 11.3. The molecule has 1 unspecified atom stereocenters. The summed E-state index contributed by atoms with van der Waals surface area (Å²) in [5.74, 6) is -0.303. The Labute approximate surface area is 122 Å². The van der Waals surface area contributed by atoms with Gasteiger partial charge in [-0.25, -0.2) is 4.39 Å². The molecule has 1 nitrogen and oxygen atoms in total. The van der Waals surface area contributed by atoms with Crippen molar-refractivity contribution < 1.29 is 4.39 Å². The standard InChI is InChI=1S/C15H17ClFNS/c1-4-18-14(15-9(2)7-10(3)19-15)12-6-5-11(17)8-13(12)16/h5-8,14,18H,4H2,1-3H3. The molecule has 0 aliphatic carbocycles. The van der Waals surface area contributed by atoms with Gasteiger partial charge >= 0.3 is 0 Å². The van der Waals surface area contributed by atoms with E-state index in [4.69, 9.17) is 11.6 Å². The summed E-state index contributed by atoms with van der Waals surface area (Å²) in [5.41, 5.74) is 2.17. The van der Waals surface area contributed by atoms with Gasteiger partial charge in [-0.1, -0.05) is 24.6 Å². The van der Waals surface area contributed by atoms with Crippen molar-refractivity contribution in [3.05, 3.63) is 56.0 Å². The van der Waals surface area contributed by atoms with Crippen LogP contribution < -0.4 is 5.32 Å². The fourth-order valence-electron chi connectivity index (χ4n) is 2.23. The topological polar surface area (TPSA) is 12.0 Å². The monoisotopic (exact) mass is 297 g/mol. The van der Waals surface area contributed by atoms with Crippen LogP contribution in [0.25, 0.3) is 0 Å². The van der Waals surface area contributed by atoms with E-state index in [2.05, 4.69) is 32.2 Å². The van der Waals surface area contributed by atoms with E-state index in [1.54, 1.807) is 17.4 Å². The summed E-state index contributed by atoms with van der Waals surface area (Å²) in [4.78, 5) is 2.52. The second-order valence-corrected chi connectivity index (χ2v) is 6.26. The summed E-state index contributed by atoms with van der Waals surface area (Å²) in [5, 5.41) is 3.90. The summed E-state index contributed by atoms with van der Waals surface area (Å²) in [7, 11) is 0. The number of hydrogen-bond donors (Lipinski definition) is 1. The van der Waals surface area contributed by atoms with Gasteiger partial charge in [0.05, 0.1) is 6.04 Å². The Bertz CT molecular complexity index is 580. The highest BCUT2D eigenvalue weighted by Gasteiger charge is 2.20. The minimum atomic E-state index is -0.303. The van der Waals surface area contributed by atoms with Crippen LogP contribution >= 0.6 is 22.9 Å². The summed E-state index contributed by atoms with van der Waals surface area (Å²) in [6.07, 6.45) is 0. The molecule has 4 heteroatoms. The maximum atomic E-state index is 13.2.